The molecule has 172 valence electrons. The van der Waals surface area contributed by atoms with Crippen molar-refractivity contribution in [3.8, 4) is 16.7 Å². The van der Waals surface area contributed by atoms with Gasteiger partial charge in [0.15, 0.2) is 0 Å². The van der Waals surface area contributed by atoms with Crippen LogP contribution in [0, 0.1) is 5.92 Å². The molecule has 1 aliphatic rings. The van der Waals surface area contributed by atoms with E-state index in [1.807, 2.05) is 43.3 Å². The summed E-state index contributed by atoms with van der Waals surface area (Å²) >= 11 is 1.07. The summed E-state index contributed by atoms with van der Waals surface area (Å²) in [5.41, 5.74) is 2.22. The molecule has 2 N–H and O–H groups in total. The monoisotopic (exact) mass is 466 g/mol. The molecular weight excluding hydrogens is 440 g/mol. The van der Waals surface area contributed by atoms with Crippen LogP contribution < -0.4 is 14.8 Å². The van der Waals surface area contributed by atoms with Gasteiger partial charge in [0, 0.05) is 0 Å². The number of ether oxygens (including phenoxy) is 2. The smallest absolute Gasteiger partial charge is 0.326 e. The fraction of sp³-hybridized carbons (Fsp3) is 0.320. The van der Waals surface area contributed by atoms with E-state index in [0.29, 0.717) is 22.2 Å². The standard InChI is InChI=1S/C25H26N2O5S/c1-3-15(2)22(24(29)30)27-23(28)21-14-26-25(33-21)31-18-10-12-20-17(13-18)9-11-19(32-20)16-7-5-4-6-8-16/h4-8,10,12-15,19,22H,3,9,11H2,1-2H3,(H,27,28)(H,29,30)/t15?,19-,22?/m0/s1. The number of thiazole rings is 1. The van der Waals surface area contributed by atoms with Gasteiger partial charge in [-0.05, 0) is 48.1 Å². The predicted octanol–water partition coefficient (Wildman–Crippen LogP) is 5.23. The highest BCUT2D eigenvalue weighted by Gasteiger charge is 2.27. The molecule has 3 aromatic rings. The van der Waals surface area contributed by atoms with Gasteiger partial charge in [-0.1, -0.05) is 61.9 Å². The van der Waals surface area contributed by atoms with Gasteiger partial charge < -0.3 is 19.9 Å². The summed E-state index contributed by atoms with van der Waals surface area (Å²) in [5.74, 6) is -0.258. The van der Waals surface area contributed by atoms with E-state index in [4.69, 9.17) is 9.47 Å². The Kier molecular flexibility index (Phi) is 6.93. The molecule has 8 heteroatoms. The van der Waals surface area contributed by atoms with E-state index in [-0.39, 0.29) is 12.0 Å². The first kappa shape index (κ1) is 22.8. The van der Waals surface area contributed by atoms with Crippen LogP contribution in [0.3, 0.4) is 0 Å². The van der Waals surface area contributed by atoms with E-state index in [0.717, 1.165) is 41.1 Å². The molecule has 0 saturated heterocycles. The molecule has 0 saturated carbocycles. The lowest BCUT2D eigenvalue weighted by atomic mass is 9.97. The van der Waals surface area contributed by atoms with E-state index in [2.05, 4.69) is 22.4 Å². The number of carboxylic acid groups (broad SMARTS) is 1. The highest BCUT2D eigenvalue weighted by atomic mass is 32.1. The predicted molar refractivity (Wildman–Crippen MR) is 125 cm³/mol. The number of nitrogens with zero attached hydrogens (tertiary/aromatic N) is 1. The molecule has 1 aliphatic heterocycles. The average Bonchev–Trinajstić information content (AvgIpc) is 3.30. The molecule has 7 nitrogen and oxygen atoms in total. The summed E-state index contributed by atoms with van der Waals surface area (Å²) in [5, 5.41) is 12.3. The summed E-state index contributed by atoms with van der Waals surface area (Å²) in [6.07, 6.45) is 3.82. The van der Waals surface area contributed by atoms with E-state index in [1.54, 1.807) is 6.92 Å². The van der Waals surface area contributed by atoms with E-state index < -0.39 is 17.9 Å². The molecular formula is C25H26N2O5S. The topological polar surface area (TPSA) is 97.8 Å². The summed E-state index contributed by atoms with van der Waals surface area (Å²) in [6, 6.07) is 14.9. The van der Waals surface area contributed by atoms with Crippen molar-refractivity contribution in [1.29, 1.82) is 0 Å². The van der Waals surface area contributed by atoms with E-state index in [1.165, 1.54) is 6.20 Å². The third-order valence-corrected chi connectivity index (χ3v) is 6.70. The molecule has 0 fully saturated rings. The van der Waals surface area contributed by atoms with Crippen molar-refractivity contribution in [2.45, 2.75) is 45.3 Å². The van der Waals surface area contributed by atoms with Crippen LogP contribution in [0.25, 0.3) is 0 Å². The SMILES string of the molecule is CCC(C)C(NC(=O)c1cnc(Oc2ccc3c(c2)CC[C@@H](c2ccccc2)O3)s1)C(=O)O. The molecule has 2 unspecified atom stereocenters. The zero-order chi connectivity index (χ0) is 23.4. The molecule has 33 heavy (non-hydrogen) atoms. The van der Waals surface area contributed by atoms with Gasteiger partial charge in [-0.3, -0.25) is 4.79 Å². The Morgan fingerprint density at radius 2 is 2.06 bits per heavy atom. The van der Waals surface area contributed by atoms with Crippen molar-refractivity contribution in [2.24, 2.45) is 5.92 Å². The minimum Gasteiger partial charge on any atom is -0.485 e. The van der Waals surface area contributed by atoms with Gasteiger partial charge >= 0.3 is 5.97 Å². The maximum absolute atomic E-state index is 12.5. The first-order valence-corrected chi connectivity index (χ1v) is 11.8. The van der Waals surface area contributed by atoms with Gasteiger partial charge in [-0.25, -0.2) is 9.78 Å². The first-order chi connectivity index (χ1) is 15.9. The molecule has 1 aromatic heterocycles. The maximum Gasteiger partial charge on any atom is 0.326 e. The number of fused-ring (bicyclic) bond motifs is 1. The van der Waals surface area contributed by atoms with Gasteiger partial charge in [0.2, 0.25) is 0 Å². The minimum absolute atomic E-state index is 0.0376. The lowest BCUT2D eigenvalue weighted by Crippen LogP contribution is -2.44. The second-order valence-corrected chi connectivity index (χ2v) is 9.09. The third-order valence-electron chi connectivity index (χ3n) is 5.83. The van der Waals surface area contributed by atoms with Crippen molar-refractivity contribution in [2.75, 3.05) is 0 Å². The van der Waals surface area contributed by atoms with Crippen LogP contribution in [0.4, 0.5) is 0 Å². The lowest BCUT2D eigenvalue weighted by Gasteiger charge is -2.26. The largest absolute Gasteiger partial charge is 0.485 e. The number of hydrogen-bond donors (Lipinski definition) is 2. The van der Waals surface area contributed by atoms with Crippen LogP contribution in [0.15, 0.2) is 54.7 Å². The van der Waals surface area contributed by atoms with Crippen LogP contribution in [0.5, 0.6) is 16.7 Å². The Balaban J connectivity index is 1.41. The molecule has 3 atom stereocenters. The Bertz CT molecular complexity index is 1130. The molecule has 0 radical (unpaired) electrons. The molecule has 4 rings (SSSR count). The van der Waals surface area contributed by atoms with E-state index in [9.17, 15) is 14.7 Å². The van der Waals surface area contributed by atoms with Crippen molar-refractivity contribution in [1.82, 2.24) is 10.3 Å². The van der Waals surface area contributed by atoms with Crippen LogP contribution in [-0.2, 0) is 11.2 Å². The average molecular weight is 467 g/mol. The second-order valence-electron chi connectivity index (χ2n) is 8.09. The van der Waals surface area contributed by atoms with Gasteiger partial charge in [0.1, 0.15) is 28.5 Å². The Morgan fingerprint density at radius 3 is 2.79 bits per heavy atom. The number of aryl methyl sites for hydroxylation is 1. The minimum atomic E-state index is -1.05. The number of carbonyl (C=O) groups is 2. The van der Waals surface area contributed by atoms with Crippen LogP contribution in [0.1, 0.15) is 53.6 Å². The van der Waals surface area contributed by atoms with Crippen LogP contribution in [0.2, 0.25) is 0 Å². The number of rotatable bonds is 8. The second kappa shape index (κ2) is 10.0. The number of amides is 1. The molecule has 2 aromatic carbocycles. The Labute approximate surface area is 196 Å². The fourth-order valence-corrected chi connectivity index (χ4v) is 4.43. The quantitative estimate of drug-likeness (QED) is 0.472. The van der Waals surface area contributed by atoms with Gasteiger partial charge in [0.05, 0.1) is 6.20 Å². The molecule has 0 aliphatic carbocycles. The number of benzene rings is 2. The van der Waals surface area contributed by atoms with Gasteiger partial charge in [0.25, 0.3) is 11.1 Å². The number of nitrogens with one attached hydrogen (secondary N) is 1. The van der Waals surface area contributed by atoms with Gasteiger partial charge in [-0.15, -0.1) is 0 Å². The van der Waals surface area contributed by atoms with E-state index >= 15 is 0 Å². The normalized spacial score (nSPS) is 16.7. The molecule has 0 spiro atoms. The molecule has 1 amide bonds. The molecule has 0 bridgehead atoms. The van der Waals surface area contributed by atoms with Crippen molar-refractivity contribution < 1.29 is 24.2 Å². The highest BCUT2D eigenvalue weighted by molar-refractivity contribution is 7.15. The van der Waals surface area contributed by atoms with Crippen molar-refractivity contribution in [3.05, 3.63) is 70.7 Å². The highest BCUT2D eigenvalue weighted by Crippen LogP contribution is 2.38. The number of carbonyl (C=O) groups excluding carboxylic acids is 1. The summed E-state index contributed by atoms with van der Waals surface area (Å²) in [7, 11) is 0. The molecule has 2 heterocycles. The Morgan fingerprint density at radius 1 is 1.27 bits per heavy atom. The third kappa shape index (κ3) is 5.34. The zero-order valence-electron chi connectivity index (χ0n) is 18.5. The fourth-order valence-electron chi connectivity index (χ4n) is 3.74. The zero-order valence-corrected chi connectivity index (χ0v) is 19.3. The van der Waals surface area contributed by atoms with Crippen LogP contribution >= 0.6 is 11.3 Å². The summed E-state index contributed by atoms with van der Waals surface area (Å²) < 4.78 is 12.0. The number of hydrogen-bond acceptors (Lipinski definition) is 6. The number of aromatic nitrogens is 1. The first-order valence-electron chi connectivity index (χ1n) is 11.0. The van der Waals surface area contributed by atoms with Crippen LogP contribution in [-0.4, -0.2) is 28.0 Å². The number of aliphatic carboxylic acids is 1. The Hall–Kier alpha value is -3.39. The van der Waals surface area contributed by atoms with Gasteiger partial charge in [-0.2, -0.15) is 0 Å². The lowest BCUT2D eigenvalue weighted by molar-refractivity contribution is -0.140. The summed E-state index contributed by atoms with van der Waals surface area (Å²) in [6.45, 7) is 3.68. The van der Waals surface area contributed by atoms with Crippen molar-refractivity contribution in [3.63, 3.8) is 0 Å². The summed E-state index contributed by atoms with van der Waals surface area (Å²) in [4.78, 5) is 28.4. The number of carboxylic acids is 1. The van der Waals surface area contributed by atoms with Crippen molar-refractivity contribution >= 4 is 23.2 Å². The maximum atomic E-state index is 12.5.